The molecule has 1 aliphatic carbocycles. The van der Waals surface area contributed by atoms with Crippen LogP contribution in [0.5, 0.6) is 5.88 Å². The van der Waals surface area contributed by atoms with Crippen LogP contribution in [0.15, 0.2) is 30.3 Å². The van der Waals surface area contributed by atoms with Gasteiger partial charge in [0.2, 0.25) is 5.88 Å². The van der Waals surface area contributed by atoms with Crippen molar-refractivity contribution in [2.45, 2.75) is 57.4 Å². The molecule has 0 unspecified atom stereocenters. The molecule has 8 nitrogen and oxygen atoms in total. The molecule has 0 spiro atoms. The third-order valence-electron chi connectivity index (χ3n) is 7.64. The summed E-state index contributed by atoms with van der Waals surface area (Å²) in [4.78, 5) is 21.2. The van der Waals surface area contributed by atoms with Gasteiger partial charge in [-0.05, 0) is 61.1 Å². The number of carbonyl (C=O) groups excluding carboxylic acids is 1. The van der Waals surface area contributed by atoms with Gasteiger partial charge in [-0.3, -0.25) is 0 Å². The van der Waals surface area contributed by atoms with Gasteiger partial charge < -0.3 is 29.7 Å². The maximum Gasteiger partial charge on any atom is 0.389 e. The summed E-state index contributed by atoms with van der Waals surface area (Å²) in [5, 5.41) is 13.0. The van der Waals surface area contributed by atoms with Crippen LogP contribution in [0.3, 0.4) is 0 Å². The number of aryl methyl sites for hydroxylation is 1. The molecule has 2 aromatic rings. The molecule has 212 valence electrons. The summed E-state index contributed by atoms with van der Waals surface area (Å²) in [5.41, 5.74) is 2.57. The van der Waals surface area contributed by atoms with Crippen molar-refractivity contribution in [2.24, 2.45) is 5.92 Å². The number of urea groups is 1. The van der Waals surface area contributed by atoms with E-state index in [2.05, 4.69) is 10.2 Å². The van der Waals surface area contributed by atoms with Crippen LogP contribution in [-0.2, 0) is 4.74 Å². The molecule has 1 saturated carbocycles. The van der Waals surface area contributed by atoms with E-state index in [0.717, 1.165) is 22.5 Å². The molecule has 11 heteroatoms. The largest absolute Gasteiger partial charge is 0.474 e. The van der Waals surface area contributed by atoms with Gasteiger partial charge in [0.05, 0.1) is 18.8 Å². The zero-order valence-corrected chi connectivity index (χ0v) is 22.3. The summed E-state index contributed by atoms with van der Waals surface area (Å²) in [6.07, 6.45) is -3.81. The average Bonchev–Trinajstić information content (AvgIpc) is 3.31. The van der Waals surface area contributed by atoms with Crippen LogP contribution in [0, 0.1) is 12.8 Å². The second kappa shape index (κ2) is 10.8. The number of benzene rings is 1. The van der Waals surface area contributed by atoms with E-state index < -0.39 is 30.1 Å². The Bertz CT molecular complexity index is 1190. The highest BCUT2D eigenvalue weighted by atomic mass is 19.4. The van der Waals surface area contributed by atoms with E-state index in [-0.39, 0.29) is 12.6 Å². The topological polar surface area (TPSA) is 87.2 Å². The van der Waals surface area contributed by atoms with E-state index in [1.807, 2.05) is 31.2 Å². The number of hydrogen-bond donors (Lipinski definition) is 2. The fourth-order valence-electron chi connectivity index (χ4n) is 5.56. The second-order valence-electron chi connectivity index (χ2n) is 11.2. The molecule has 3 heterocycles. The molecule has 39 heavy (non-hydrogen) atoms. The standard InChI is InChI=1S/C28H35F3N4O4/c1-18-3-4-21(32-26(36)35-6-5-19(17-35)14-28(29,30)31)13-23(18)20-11-24(34-7-9-38-10-8-34)33-25(12-20)39-22-15-27(2,37)16-22/h3-4,11-13,19,22,37H,5-10,14-17H2,1-2H3,(H,32,36)/t19-,22?,27?/m0/s1. The molecule has 2 aliphatic heterocycles. The smallest absolute Gasteiger partial charge is 0.389 e. The van der Waals surface area contributed by atoms with Crippen molar-refractivity contribution < 1.29 is 32.5 Å². The first-order valence-corrected chi connectivity index (χ1v) is 13.4. The summed E-state index contributed by atoms with van der Waals surface area (Å²) >= 11 is 0. The number of ether oxygens (including phenoxy) is 2. The van der Waals surface area contributed by atoms with Crippen molar-refractivity contribution in [1.29, 1.82) is 0 Å². The van der Waals surface area contributed by atoms with E-state index in [1.54, 1.807) is 13.0 Å². The van der Waals surface area contributed by atoms with Gasteiger partial charge in [0.1, 0.15) is 11.9 Å². The lowest BCUT2D eigenvalue weighted by Crippen LogP contribution is -2.47. The Labute approximate surface area is 226 Å². The minimum absolute atomic E-state index is 0.0894. The van der Waals surface area contributed by atoms with Crippen LogP contribution in [0.1, 0.15) is 38.2 Å². The number of carbonyl (C=O) groups is 1. The fourth-order valence-corrected chi connectivity index (χ4v) is 5.56. The molecule has 0 radical (unpaired) electrons. The number of hydrogen-bond acceptors (Lipinski definition) is 6. The normalized spacial score (nSPS) is 25.4. The predicted octanol–water partition coefficient (Wildman–Crippen LogP) is 4.99. The highest BCUT2D eigenvalue weighted by Gasteiger charge is 2.40. The first-order valence-electron chi connectivity index (χ1n) is 13.4. The van der Waals surface area contributed by atoms with Crippen LogP contribution in [0.2, 0.25) is 0 Å². The first-order chi connectivity index (χ1) is 18.4. The van der Waals surface area contributed by atoms with E-state index in [0.29, 0.717) is 63.7 Å². The van der Waals surface area contributed by atoms with Gasteiger partial charge in [-0.15, -0.1) is 0 Å². The van der Waals surface area contributed by atoms with E-state index in [1.165, 1.54) is 4.90 Å². The SMILES string of the molecule is Cc1ccc(NC(=O)N2CC[C@@H](CC(F)(F)F)C2)cc1-c1cc(OC2CC(C)(O)C2)nc(N2CCOCC2)c1. The number of morpholine rings is 1. The predicted molar refractivity (Wildman–Crippen MR) is 141 cm³/mol. The minimum Gasteiger partial charge on any atom is -0.474 e. The number of aromatic nitrogens is 1. The molecule has 2 N–H and O–H groups in total. The first kappa shape index (κ1) is 27.5. The van der Waals surface area contributed by atoms with Crippen LogP contribution in [0.4, 0.5) is 29.5 Å². The minimum atomic E-state index is -4.23. The lowest BCUT2D eigenvalue weighted by Gasteiger charge is -2.40. The number of rotatable bonds is 6. The fraction of sp³-hybridized carbons (Fsp3) is 0.571. The van der Waals surface area contributed by atoms with Crippen molar-refractivity contribution in [3.8, 4) is 17.0 Å². The number of nitrogens with one attached hydrogen (secondary N) is 1. The number of alkyl halides is 3. The van der Waals surface area contributed by atoms with Crippen LogP contribution < -0.4 is 15.0 Å². The molecule has 0 bridgehead atoms. The molecule has 5 rings (SSSR count). The molecule has 3 aliphatic rings. The zero-order chi connectivity index (χ0) is 27.8. The summed E-state index contributed by atoms with van der Waals surface area (Å²) in [6, 6.07) is 9.02. The van der Waals surface area contributed by atoms with Gasteiger partial charge in [-0.2, -0.15) is 18.2 Å². The molecular formula is C28H35F3N4O4. The Kier molecular flexibility index (Phi) is 7.65. The van der Waals surface area contributed by atoms with Gasteiger partial charge >= 0.3 is 12.2 Å². The lowest BCUT2D eigenvalue weighted by molar-refractivity contribution is -0.143. The highest BCUT2D eigenvalue weighted by Crippen LogP contribution is 2.37. The molecule has 1 atom stereocenters. The number of nitrogens with zero attached hydrogens (tertiary/aromatic N) is 3. The monoisotopic (exact) mass is 548 g/mol. The van der Waals surface area contributed by atoms with Crippen LogP contribution in [0.25, 0.3) is 11.1 Å². The van der Waals surface area contributed by atoms with Crippen molar-refractivity contribution in [3.63, 3.8) is 0 Å². The van der Waals surface area contributed by atoms with Gasteiger partial charge in [-0.1, -0.05) is 6.07 Å². The highest BCUT2D eigenvalue weighted by molar-refractivity contribution is 5.90. The number of halogens is 3. The molecule has 1 aromatic carbocycles. The van der Waals surface area contributed by atoms with Crippen molar-refractivity contribution in [2.75, 3.05) is 49.6 Å². The molecule has 1 aromatic heterocycles. The maximum atomic E-state index is 12.9. The number of amides is 2. The summed E-state index contributed by atoms with van der Waals surface area (Å²) < 4.78 is 50.0. The van der Waals surface area contributed by atoms with Gasteiger partial charge in [0, 0.05) is 57.2 Å². The number of anilines is 2. The van der Waals surface area contributed by atoms with Gasteiger partial charge in [0.25, 0.3) is 0 Å². The molecular weight excluding hydrogens is 513 g/mol. The maximum absolute atomic E-state index is 12.9. The number of aliphatic hydroxyl groups is 1. The van der Waals surface area contributed by atoms with Crippen LogP contribution in [-0.4, -0.2) is 78.3 Å². The zero-order valence-electron chi connectivity index (χ0n) is 22.3. The number of pyridine rings is 1. The van der Waals surface area contributed by atoms with E-state index >= 15 is 0 Å². The quantitative estimate of drug-likeness (QED) is 0.529. The second-order valence-corrected chi connectivity index (χ2v) is 11.2. The van der Waals surface area contributed by atoms with Gasteiger partial charge in [0.15, 0.2) is 0 Å². The van der Waals surface area contributed by atoms with Crippen molar-refractivity contribution in [1.82, 2.24) is 9.88 Å². The summed E-state index contributed by atoms with van der Waals surface area (Å²) in [6.45, 7) is 6.77. The van der Waals surface area contributed by atoms with Crippen molar-refractivity contribution in [3.05, 3.63) is 35.9 Å². The lowest BCUT2D eigenvalue weighted by atomic mass is 9.79. The number of likely N-dealkylation sites (tertiary alicyclic amines) is 1. The van der Waals surface area contributed by atoms with E-state index in [4.69, 9.17) is 14.5 Å². The Morgan fingerprint density at radius 2 is 1.95 bits per heavy atom. The van der Waals surface area contributed by atoms with Crippen LogP contribution >= 0.6 is 0 Å². The third-order valence-corrected chi connectivity index (χ3v) is 7.64. The average molecular weight is 549 g/mol. The van der Waals surface area contributed by atoms with E-state index in [9.17, 15) is 23.1 Å². The Morgan fingerprint density at radius 3 is 2.64 bits per heavy atom. The van der Waals surface area contributed by atoms with Gasteiger partial charge in [-0.25, -0.2) is 4.79 Å². The molecule has 2 amide bonds. The Hall–Kier alpha value is -3.05. The third kappa shape index (κ3) is 6.94. The molecule has 3 fully saturated rings. The Morgan fingerprint density at radius 1 is 1.21 bits per heavy atom. The molecule has 2 saturated heterocycles. The van der Waals surface area contributed by atoms with Crippen molar-refractivity contribution >= 4 is 17.5 Å². The summed E-state index contributed by atoms with van der Waals surface area (Å²) in [5.74, 6) is 0.659. The Balaban J connectivity index is 1.35. The summed E-state index contributed by atoms with van der Waals surface area (Å²) in [7, 11) is 0.